The Hall–Kier alpha value is -0.940. The quantitative estimate of drug-likeness (QED) is 0.751. The third kappa shape index (κ3) is 5.82. The van der Waals surface area contributed by atoms with E-state index in [0.717, 1.165) is 0 Å². The fourth-order valence-electron chi connectivity index (χ4n) is 0.963. The molecule has 0 aliphatic carbocycles. The minimum absolute atomic E-state index is 0.0520. The highest BCUT2D eigenvalue weighted by Crippen LogP contribution is 2.17. The molecule has 0 saturated heterocycles. The largest absolute Gasteiger partial charge is 0.491 e. The van der Waals surface area contributed by atoms with Gasteiger partial charge in [0.05, 0.1) is 6.61 Å². The Bertz CT molecular complexity index is 328. The zero-order valence-corrected chi connectivity index (χ0v) is 9.02. The van der Waals surface area contributed by atoms with Crippen molar-refractivity contribution in [3.05, 3.63) is 29.3 Å². The highest BCUT2D eigenvalue weighted by atomic mass is 35.5. The topological polar surface area (TPSA) is 18.5 Å². The first-order valence-electron chi connectivity index (χ1n) is 4.50. The van der Waals surface area contributed by atoms with Crippen molar-refractivity contribution in [3.63, 3.8) is 0 Å². The Morgan fingerprint density at radius 3 is 2.56 bits per heavy atom. The molecule has 0 spiro atoms. The summed E-state index contributed by atoms with van der Waals surface area (Å²) in [5, 5.41) is 0.508. The second-order valence-electron chi connectivity index (χ2n) is 2.97. The molecule has 2 nitrogen and oxygen atoms in total. The molecule has 0 aliphatic heterocycles. The van der Waals surface area contributed by atoms with Gasteiger partial charge in [0.15, 0.2) is 0 Å². The van der Waals surface area contributed by atoms with Crippen molar-refractivity contribution >= 4 is 11.6 Å². The van der Waals surface area contributed by atoms with Crippen LogP contribution in [0.2, 0.25) is 5.02 Å². The number of ether oxygens (including phenoxy) is 2. The molecule has 0 N–H and O–H groups in total. The molecule has 0 aromatic heterocycles. The van der Waals surface area contributed by atoms with Gasteiger partial charge in [-0.15, -0.1) is 0 Å². The second-order valence-corrected chi connectivity index (χ2v) is 3.41. The van der Waals surface area contributed by atoms with Crippen molar-refractivity contribution in [2.45, 2.75) is 6.18 Å². The van der Waals surface area contributed by atoms with Crippen LogP contribution in [0, 0.1) is 0 Å². The second kappa shape index (κ2) is 5.96. The number of hydrogen-bond acceptors (Lipinski definition) is 2. The van der Waals surface area contributed by atoms with Gasteiger partial charge >= 0.3 is 6.18 Å². The molecular weight excluding hydrogens is 245 g/mol. The molecule has 0 saturated carbocycles. The van der Waals surface area contributed by atoms with Gasteiger partial charge in [-0.2, -0.15) is 13.2 Å². The highest BCUT2D eigenvalue weighted by molar-refractivity contribution is 6.30. The number of rotatable bonds is 5. The van der Waals surface area contributed by atoms with Crippen LogP contribution in [0.1, 0.15) is 0 Å². The highest BCUT2D eigenvalue weighted by Gasteiger charge is 2.27. The van der Waals surface area contributed by atoms with E-state index >= 15 is 0 Å². The Morgan fingerprint density at radius 2 is 1.94 bits per heavy atom. The summed E-state index contributed by atoms with van der Waals surface area (Å²) < 4.78 is 44.5. The molecule has 0 unspecified atom stereocenters. The van der Waals surface area contributed by atoms with Crippen LogP contribution in [0.5, 0.6) is 5.75 Å². The summed E-state index contributed by atoms with van der Waals surface area (Å²) in [4.78, 5) is 0. The van der Waals surface area contributed by atoms with E-state index in [9.17, 15) is 13.2 Å². The maximum Gasteiger partial charge on any atom is 0.411 e. The smallest absolute Gasteiger partial charge is 0.411 e. The zero-order valence-electron chi connectivity index (χ0n) is 8.26. The fourth-order valence-corrected chi connectivity index (χ4v) is 1.14. The fraction of sp³-hybridized carbons (Fsp3) is 0.400. The maximum absolute atomic E-state index is 11.7. The lowest BCUT2D eigenvalue weighted by atomic mass is 10.3. The van der Waals surface area contributed by atoms with E-state index in [-0.39, 0.29) is 13.2 Å². The number of hydrogen-bond donors (Lipinski definition) is 0. The molecule has 16 heavy (non-hydrogen) atoms. The third-order valence-corrected chi connectivity index (χ3v) is 1.79. The molecular formula is C10H10ClF3O2. The summed E-state index contributed by atoms with van der Waals surface area (Å²) >= 11 is 5.68. The van der Waals surface area contributed by atoms with E-state index in [0.29, 0.717) is 10.8 Å². The molecule has 90 valence electrons. The molecule has 0 atom stereocenters. The van der Waals surface area contributed by atoms with E-state index in [1.807, 2.05) is 0 Å². The maximum atomic E-state index is 11.7. The van der Waals surface area contributed by atoms with Crippen LogP contribution in [0.25, 0.3) is 0 Å². The Balaban J connectivity index is 2.17. The van der Waals surface area contributed by atoms with Crippen molar-refractivity contribution in [1.82, 2.24) is 0 Å². The van der Waals surface area contributed by atoms with Crippen LogP contribution in [-0.2, 0) is 4.74 Å². The van der Waals surface area contributed by atoms with Crippen LogP contribution in [0.3, 0.4) is 0 Å². The number of alkyl halides is 3. The predicted molar refractivity (Wildman–Crippen MR) is 53.8 cm³/mol. The summed E-state index contributed by atoms with van der Waals surface area (Å²) in [7, 11) is 0. The average Bonchev–Trinajstić information content (AvgIpc) is 2.15. The first-order chi connectivity index (χ1) is 7.47. The van der Waals surface area contributed by atoms with Crippen LogP contribution >= 0.6 is 11.6 Å². The molecule has 0 radical (unpaired) electrons. The third-order valence-electron chi connectivity index (χ3n) is 1.56. The summed E-state index contributed by atoms with van der Waals surface area (Å²) in [5.74, 6) is 0.503. The van der Waals surface area contributed by atoms with Gasteiger partial charge in [0.1, 0.15) is 19.0 Å². The van der Waals surface area contributed by atoms with E-state index in [1.54, 1.807) is 24.3 Å². The minimum Gasteiger partial charge on any atom is -0.491 e. The van der Waals surface area contributed by atoms with Crippen LogP contribution in [-0.4, -0.2) is 26.0 Å². The lowest BCUT2D eigenvalue weighted by Crippen LogP contribution is -2.19. The molecule has 6 heteroatoms. The molecule has 0 fully saturated rings. The first-order valence-corrected chi connectivity index (χ1v) is 4.88. The van der Waals surface area contributed by atoms with Gasteiger partial charge in [-0.1, -0.05) is 17.7 Å². The van der Waals surface area contributed by atoms with Crippen LogP contribution < -0.4 is 4.74 Å². The molecule has 0 bridgehead atoms. The van der Waals surface area contributed by atoms with Crippen molar-refractivity contribution in [2.24, 2.45) is 0 Å². The molecule has 0 heterocycles. The standard InChI is InChI=1S/C10H10ClF3O2/c11-8-2-1-3-9(6-8)16-5-4-15-7-10(12,13)14/h1-3,6H,4-5,7H2. The van der Waals surface area contributed by atoms with Crippen molar-refractivity contribution in [1.29, 1.82) is 0 Å². The molecule has 1 aromatic rings. The van der Waals surface area contributed by atoms with Crippen molar-refractivity contribution in [2.75, 3.05) is 19.8 Å². The average molecular weight is 255 g/mol. The van der Waals surface area contributed by atoms with Gasteiger partial charge < -0.3 is 9.47 Å². The van der Waals surface area contributed by atoms with E-state index in [4.69, 9.17) is 16.3 Å². The number of benzene rings is 1. The van der Waals surface area contributed by atoms with Gasteiger partial charge in [0.25, 0.3) is 0 Å². The SMILES string of the molecule is FC(F)(F)COCCOc1cccc(Cl)c1. The van der Waals surface area contributed by atoms with E-state index in [1.165, 1.54) is 0 Å². The summed E-state index contributed by atoms with van der Waals surface area (Å²) in [6, 6.07) is 6.60. The van der Waals surface area contributed by atoms with E-state index < -0.39 is 12.8 Å². The lowest BCUT2D eigenvalue weighted by Gasteiger charge is -2.09. The molecule has 1 aromatic carbocycles. The first kappa shape index (κ1) is 13.1. The predicted octanol–water partition coefficient (Wildman–Crippen LogP) is 3.30. The van der Waals surface area contributed by atoms with Crippen LogP contribution in [0.15, 0.2) is 24.3 Å². The monoisotopic (exact) mass is 254 g/mol. The normalized spacial score (nSPS) is 11.5. The van der Waals surface area contributed by atoms with Crippen molar-refractivity contribution < 1.29 is 22.6 Å². The lowest BCUT2D eigenvalue weighted by molar-refractivity contribution is -0.175. The molecule has 1 rings (SSSR count). The Morgan fingerprint density at radius 1 is 1.19 bits per heavy atom. The Labute approximate surface area is 95.9 Å². The zero-order chi connectivity index (χ0) is 12.0. The van der Waals surface area contributed by atoms with Gasteiger partial charge in [-0.05, 0) is 18.2 Å². The van der Waals surface area contributed by atoms with Gasteiger partial charge in [-0.3, -0.25) is 0 Å². The molecule has 0 amide bonds. The summed E-state index contributed by atoms with van der Waals surface area (Å²) in [6.07, 6.45) is -4.30. The van der Waals surface area contributed by atoms with Crippen LogP contribution in [0.4, 0.5) is 13.2 Å². The summed E-state index contributed by atoms with van der Waals surface area (Å²) in [5.41, 5.74) is 0. The van der Waals surface area contributed by atoms with E-state index in [2.05, 4.69) is 4.74 Å². The van der Waals surface area contributed by atoms with Gasteiger partial charge in [0, 0.05) is 5.02 Å². The Kier molecular flexibility index (Phi) is 4.89. The van der Waals surface area contributed by atoms with Gasteiger partial charge in [-0.25, -0.2) is 0 Å². The summed E-state index contributed by atoms with van der Waals surface area (Å²) in [6.45, 7) is -1.33. The van der Waals surface area contributed by atoms with Gasteiger partial charge in [0.2, 0.25) is 0 Å². The molecule has 0 aliphatic rings. The minimum atomic E-state index is -4.30. The number of halogens is 4. The van der Waals surface area contributed by atoms with Crippen molar-refractivity contribution in [3.8, 4) is 5.75 Å².